The van der Waals surface area contributed by atoms with Crippen LogP contribution in [0, 0.1) is 18.8 Å². The normalized spacial score (nSPS) is 25.0. The first kappa shape index (κ1) is 23.9. The molecular weight excluding hydrogens is 436 g/mol. The Morgan fingerprint density at radius 1 is 1.12 bits per heavy atom. The molecule has 2 saturated heterocycles. The van der Waals surface area contributed by atoms with Crippen molar-refractivity contribution in [2.24, 2.45) is 0 Å². The summed E-state index contributed by atoms with van der Waals surface area (Å²) in [6.07, 6.45) is 1.01. The highest BCUT2D eigenvalue weighted by Gasteiger charge is 2.50. The van der Waals surface area contributed by atoms with Crippen LogP contribution in [0.2, 0.25) is 0 Å². The third-order valence-electron chi connectivity index (χ3n) is 6.68. The van der Waals surface area contributed by atoms with Gasteiger partial charge in [0.2, 0.25) is 10.0 Å². The number of benzene rings is 2. The zero-order valence-corrected chi connectivity index (χ0v) is 20.0. The van der Waals surface area contributed by atoms with Crippen LogP contribution in [0.25, 0.3) is 0 Å². The molecule has 2 aromatic carbocycles. The van der Waals surface area contributed by atoms with Crippen LogP contribution < -0.4 is 0 Å². The molecule has 2 heterocycles. The Kier molecular flexibility index (Phi) is 7.22. The highest BCUT2D eigenvalue weighted by molar-refractivity contribution is 7.89. The summed E-state index contributed by atoms with van der Waals surface area (Å²) in [6.45, 7) is 5.34. The van der Waals surface area contributed by atoms with E-state index in [0.717, 1.165) is 36.1 Å². The minimum absolute atomic E-state index is 0.0106. The van der Waals surface area contributed by atoms with Crippen molar-refractivity contribution in [3.05, 3.63) is 65.2 Å². The lowest BCUT2D eigenvalue weighted by atomic mass is 9.74. The molecule has 0 aliphatic carbocycles. The van der Waals surface area contributed by atoms with Gasteiger partial charge in [-0.05, 0) is 68.6 Å². The van der Waals surface area contributed by atoms with Gasteiger partial charge in [-0.25, -0.2) is 8.42 Å². The lowest BCUT2D eigenvalue weighted by Gasteiger charge is -2.57. The largest absolute Gasteiger partial charge is 0.395 e. The predicted molar refractivity (Wildman–Crippen MR) is 128 cm³/mol. The van der Waals surface area contributed by atoms with Gasteiger partial charge in [-0.1, -0.05) is 36.1 Å². The second-order valence-electron chi connectivity index (χ2n) is 9.03. The fourth-order valence-corrected chi connectivity index (χ4v) is 6.63. The molecular formula is C26H32N2O4S. The van der Waals surface area contributed by atoms with Crippen LogP contribution in [0.4, 0.5) is 0 Å². The molecule has 6 nitrogen and oxygen atoms in total. The van der Waals surface area contributed by atoms with Gasteiger partial charge in [0.15, 0.2) is 0 Å². The predicted octanol–water partition coefficient (Wildman–Crippen LogP) is 2.34. The number of hydrogen-bond donors (Lipinski definition) is 2. The number of sulfonamides is 1. The minimum atomic E-state index is -3.60. The van der Waals surface area contributed by atoms with Crippen LogP contribution in [0.5, 0.6) is 0 Å². The van der Waals surface area contributed by atoms with Crippen molar-refractivity contribution in [2.45, 2.75) is 55.7 Å². The standard InChI is InChI=1S/C26H32N2O4S/c1-19-6-5-7-23(16-19)33(31,32)27-14-3-4-15-28-24(17-27)26(25(28)18-29)22-12-10-21(11-13-22)9-8-20(2)30/h5-7,10-13,16,20,24-26,29-30H,3-4,14-15,17-18H2,1-2H3/t20-,24+,25-,26-/m0/s1. The van der Waals surface area contributed by atoms with E-state index in [9.17, 15) is 18.6 Å². The summed E-state index contributed by atoms with van der Waals surface area (Å²) >= 11 is 0. The Hall–Kier alpha value is -2.21. The summed E-state index contributed by atoms with van der Waals surface area (Å²) in [5.41, 5.74) is 2.81. The Bertz CT molecular complexity index is 1130. The van der Waals surface area contributed by atoms with Crippen LogP contribution in [-0.2, 0) is 10.0 Å². The number of nitrogens with zero attached hydrogens (tertiary/aromatic N) is 2. The Morgan fingerprint density at radius 2 is 1.85 bits per heavy atom. The van der Waals surface area contributed by atoms with E-state index in [1.54, 1.807) is 29.4 Å². The second-order valence-corrected chi connectivity index (χ2v) is 11.0. The van der Waals surface area contributed by atoms with Crippen molar-refractivity contribution in [2.75, 3.05) is 26.2 Å². The summed E-state index contributed by atoms with van der Waals surface area (Å²) in [5, 5.41) is 19.5. The van der Waals surface area contributed by atoms with Gasteiger partial charge < -0.3 is 10.2 Å². The molecule has 0 radical (unpaired) electrons. The molecule has 176 valence electrons. The summed E-state index contributed by atoms with van der Waals surface area (Å²) in [7, 11) is -3.60. The van der Waals surface area contributed by atoms with Crippen molar-refractivity contribution in [1.29, 1.82) is 0 Å². The summed E-state index contributed by atoms with van der Waals surface area (Å²) in [4.78, 5) is 2.61. The zero-order chi connectivity index (χ0) is 23.6. The van der Waals surface area contributed by atoms with E-state index < -0.39 is 16.1 Å². The van der Waals surface area contributed by atoms with E-state index in [0.29, 0.717) is 18.0 Å². The van der Waals surface area contributed by atoms with E-state index in [-0.39, 0.29) is 24.6 Å². The maximum absolute atomic E-state index is 13.5. The molecule has 7 heteroatoms. The molecule has 4 rings (SSSR count). The van der Waals surface area contributed by atoms with Gasteiger partial charge in [0.1, 0.15) is 6.10 Å². The molecule has 0 saturated carbocycles. The van der Waals surface area contributed by atoms with Crippen LogP contribution >= 0.6 is 0 Å². The van der Waals surface area contributed by atoms with Crippen LogP contribution in [0.15, 0.2) is 53.4 Å². The SMILES string of the molecule is Cc1cccc(S(=O)(=O)N2CCCCN3[C@H](C2)[C@H](c2ccc(C#C[C@H](C)O)cc2)[C@@H]3CO)c1. The highest BCUT2D eigenvalue weighted by atomic mass is 32.2. The molecule has 0 unspecified atom stereocenters. The molecule has 2 fully saturated rings. The molecule has 0 bridgehead atoms. The van der Waals surface area contributed by atoms with E-state index >= 15 is 0 Å². The van der Waals surface area contributed by atoms with Gasteiger partial charge in [-0.3, -0.25) is 4.90 Å². The monoisotopic (exact) mass is 468 g/mol. The van der Waals surface area contributed by atoms with Gasteiger partial charge >= 0.3 is 0 Å². The first-order chi connectivity index (χ1) is 15.8. The van der Waals surface area contributed by atoms with Gasteiger partial charge in [0.05, 0.1) is 11.5 Å². The first-order valence-electron chi connectivity index (χ1n) is 11.5. The minimum Gasteiger partial charge on any atom is -0.395 e. The maximum Gasteiger partial charge on any atom is 0.243 e. The van der Waals surface area contributed by atoms with E-state index in [1.165, 1.54) is 0 Å². The van der Waals surface area contributed by atoms with E-state index in [4.69, 9.17) is 0 Å². The van der Waals surface area contributed by atoms with Gasteiger partial charge in [0, 0.05) is 36.7 Å². The lowest BCUT2D eigenvalue weighted by Crippen LogP contribution is -2.67. The molecule has 2 aromatic rings. The van der Waals surface area contributed by atoms with Crippen LogP contribution in [-0.4, -0.2) is 72.3 Å². The lowest BCUT2D eigenvalue weighted by molar-refractivity contribution is -0.0553. The first-order valence-corrected chi connectivity index (χ1v) is 13.0. The van der Waals surface area contributed by atoms with Gasteiger partial charge in [-0.2, -0.15) is 4.31 Å². The Balaban J connectivity index is 1.61. The van der Waals surface area contributed by atoms with E-state index in [1.807, 2.05) is 37.3 Å². The summed E-state index contributed by atoms with van der Waals surface area (Å²) in [6, 6.07) is 14.9. The molecule has 2 aliphatic heterocycles. The van der Waals surface area contributed by atoms with Crippen molar-refractivity contribution in [3.8, 4) is 11.8 Å². The van der Waals surface area contributed by atoms with Gasteiger partial charge in [-0.15, -0.1) is 0 Å². The fourth-order valence-electron chi connectivity index (χ4n) is 5.03. The number of aliphatic hydroxyl groups is 2. The number of rotatable bonds is 4. The van der Waals surface area contributed by atoms with Gasteiger partial charge in [0.25, 0.3) is 0 Å². The molecule has 33 heavy (non-hydrogen) atoms. The average molecular weight is 469 g/mol. The van der Waals surface area contributed by atoms with Crippen molar-refractivity contribution >= 4 is 10.0 Å². The zero-order valence-electron chi connectivity index (χ0n) is 19.2. The van der Waals surface area contributed by atoms with Crippen LogP contribution in [0.3, 0.4) is 0 Å². The average Bonchev–Trinajstić information content (AvgIpc) is 2.77. The van der Waals surface area contributed by atoms with Crippen molar-refractivity contribution in [1.82, 2.24) is 9.21 Å². The highest BCUT2D eigenvalue weighted by Crippen LogP contribution is 2.42. The molecule has 4 atom stereocenters. The molecule has 0 spiro atoms. The Labute approximate surface area is 196 Å². The number of hydrogen-bond acceptors (Lipinski definition) is 5. The third kappa shape index (κ3) is 5.01. The number of aliphatic hydroxyl groups excluding tert-OH is 2. The summed E-state index contributed by atoms with van der Waals surface area (Å²) in [5.74, 6) is 5.74. The third-order valence-corrected chi connectivity index (χ3v) is 8.54. The number of aryl methyl sites for hydroxylation is 1. The molecule has 0 amide bonds. The smallest absolute Gasteiger partial charge is 0.243 e. The van der Waals surface area contributed by atoms with E-state index in [2.05, 4.69) is 16.7 Å². The Morgan fingerprint density at radius 3 is 2.52 bits per heavy atom. The molecule has 2 N–H and O–H groups in total. The maximum atomic E-state index is 13.5. The molecule has 2 aliphatic rings. The second kappa shape index (κ2) is 9.96. The summed E-state index contributed by atoms with van der Waals surface area (Å²) < 4.78 is 28.6. The van der Waals surface area contributed by atoms with Crippen molar-refractivity contribution in [3.63, 3.8) is 0 Å². The van der Waals surface area contributed by atoms with Crippen molar-refractivity contribution < 1.29 is 18.6 Å². The topological polar surface area (TPSA) is 81.1 Å². The van der Waals surface area contributed by atoms with Crippen LogP contribution in [0.1, 0.15) is 42.4 Å². The quantitative estimate of drug-likeness (QED) is 0.674. The molecule has 0 aromatic heterocycles. The fraction of sp³-hybridized carbons (Fsp3) is 0.462. The number of fused-ring (bicyclic) bond motifs is 1.